The Kier molecular flexibility index (Phi) is 6.04. The van der Waals surface area contributed by atoms with Crippen molar-refractivity contribution in [3.05, 3.63) is 59.4 Å². The van der Waals surface area contributed by atoms with Crippen molar-refractivity contribution >= 4 is 17.9 Å². The second-order valence-electron chi connectivity index (χ2n) is 8.27. The standard InChI is InChI=1S/C24H30N4O2/c1-18-16-20(19(2)28(18)22-6-4-3-5-7-22)8-11-24(30)27-14-12-26(13-15-27)17-23(29)25-21-9-10-21/h3-8,11,16,21H,9-10,12-15,17H2,1-2H3,(H,25,29). The molecule has 2 aliphatic rings. The Morgan fingerprint density at radius 3 is 2.43 bits per heavy atom. The summed E-state index contributed by atoms with van der Waals surface area (Å²) in [6.07, 6.45) is 5.80. The molecule has 1 N–H and O–H groups in total. The van der Waals surface area contributed by atoms with Crippen LogP contribution in [0.5, 0.6) is 0 Å². The summed E-state index contributed by atoms with van der Waals surface area (Å²) in [5.74, 6) is 0.132. The van der Waals surface area contributed by atoms with Crippen LogP contribution in [0, 0.1) is 13.8 Å². The van der Waals surface area contributed by atoms with Gasteiger partial charge in [0.1, 0.15) is 0 Å². The third-order valence-electron chi connectivity index (χ3n) is 5.88. The van der Waals surface area contributed by atoms with Gasteiger partial charge in [0.25, 0.3) is 0 Å². The number of nitrogens with one attached hydrogen (secondary N) is 1. The van der Waals surface area contributed by atoms with Gasteiger partial charge in [-0.15, -0.1) is 0 Å². The van der Waals surface area contributed by atoms with Crippen molar-refractivity contribution in [3.63, 3.8) is 0 Å². The molecule has 4 rings (SSSR count). The van der Waals surface area contributed by atoms with E-state index in [-0.39, 0.29) is 11.8 Å². The number of rotatable bonds is 6. The quantitative estimate of drug-likeness (QED) is 0.750. The Labute approximate surface area is 178 Å². The van der Waals surface area contributed by atoms with E-state index in [1.54, 1.807) is 6.08 Å². The first-order chi connectivity index (χ1) is 14.5. The SMILES string of the molecule is Cc1cc(C=CC(=O)N2CCN(CC(=O)NC3CC3)CC2)c(C)n1-c1ccccc1. The molecule has 1 aliphatic carbocycles. The molecule has 0 unspecified atom stereocenters. The van der Waals surface area contributed by atoms with Gasteiger partial charge in [-0.1, -0.05) is 18.2 Å². The van der Waals surface area contributed by atoms with Crippen molar-refractivity contribution in [2.45, 2.75) is 32.7 Å². The van der Waals surface area contributed by atoms with Crippen LogP contribution in [0.3, 0.4) is 0 Å². The number of aryl methyl sites for hydroxylation is 1. The number of nitrogens with zero attached hydrogens (tertiary/aromatic N) is 3. The summed E-state index contributed by atoms with van der Waals surface area (Å²) in [6.45, 7) is 7.37. The van der Waals surface area contributed by atoms with Gasteiger partial charge >= 0.3 is 0 Å². The maximum Gasteiger partial charge on any atom is 0.246 e. The van der Waals surface area contributed by atoms with Gasteiger partial charge in [-0.2, -0.15) is 0 Å². The van der Waals surface area contributed by atoms with E-state index in [2.05, 4.69) is 46.8 Å². The summed E-state index contributed by atoms with van der Waals surface area (Å²) in [5, 5.41) is 3.02. The van der Waals surface area contributed by atoms with E-state index >= 15 is 0 Å². The molecule has 158 valence electrons. The molecule has 0 spiro atoms. The fourth-order valence-electron chi connectivity index (χ4n) is 4.03. The van der Waals surface area contributed by atoms with Crippen molar-refractivity contribution in [1.82, 2.24) is 19.7 Å². The van der Waals surface area contributed by atoms with Gasteiger partial charge in [0.15, 0.2) is 0 Å². The number of carbonyl (C=O) groups is 2. The minimum Gasteiger partial charge on any atom is -0.352 e. The highest BCUT2D eigenvalue weighted by molar-refractivity contribution is 5.92. The average Bonchev–Trinajstić information content (AvgIpc) is 3.50. The first-order valence-corrected chi connectivity index (χ1v) is 10.7. The van der Waals surface area contributed by atoms with Crippen molar-refractivity contribution in [2.75, 3.05) is 32.7 Å². The molecule has 1 aliphatic heterocycles. The molecule has 1 saturated heterocycles. The van der Waals surface area contributed by atoms with Gasteiger partial charge in [-0.3, -0.25) is 14.5 Å². The normalized spacial score (nSPS) is 17.5. The van der Waals surface area contributed by atoms with Crippen molar-refractivity contribution < 1.29 is 9.59 Å². The lowest BCUT2D eigenvalue weighted by molar-refractivity contribution is -0.128. The maximum atomic E-state index is 12.7. The molecule has 1 saturated carbocycles. The number of carbonyl (C=O) groups excluding carboxylic acids is 2. The van der Waals surface area contributed by atoms with Crippen molar-refractivity contribution in [3.8, 4) is 5.69 Å². The lowest BCUT2D eigenvalue weighted by Crippen LogP contribution is -2.51. The zero-order chi connectivity index (χ0) is 21.1. The fourth-order valence-corrected chi connectivity index (χ4v) is 4.03. The Balaban J connectivity index is 1.33. The number of aromatic nitrogens is 1. The average molecular weight is 407 g/mol. The Hall–Kier alpha value is -2.86. The zero-order valence-corrected chi connectivity index (χ0v) is 17.8. The number of amides is 2. The summed E-state index contributed by atoms with van der Waals surface area (Å²) in [5.41, 5.74) is 4.44. The van der Waals surface area contributed by atoms with Crippen LogP contribution in [0.2, 0.25) is 0 Å². The molecule has 2 heterocycles. The van der Waals surface area contributed by atoms with Crippen molar-refractivity contribution in [1.29, 1.82) is 0 Å². The Morgan fingerprint density at radius 2 is 1.77 bits per heavy atom. The van der Waals surface area contributed by atoms with E-state index in [0.717, 1.165) is 48.6 Å². The first-order valence-electron chi connectivity index (χ1n) is 10.7. The molecule has 2 fully saturated rings. The van der Waals surface area contributed by atoms with Gasteiger partial charge in [-0.25, -0.2) is 0 Å². The molecule has 1 aromatic carbocycles. The van der Waals surface area contributed by atoms with Crippen LogP contribution in [0.15, 0.2) is 42.5 Å². The third-order valence-corrected chi connectivity index (χ3v) is 5.88. The van der Waals surface area contributed by atoms with Crippen LogP contribution in [-0.2, 0) is 9.59 Å². The summed E-state index contributed by atoms with van der Waals surface area (Å²) < 4.78 is 2.20. The van der Waals surface area contributed by atoms with Gasteiger partial charge in [0, 0.05) is 55.4 Å². The molecule has 0 radical (unpaired) electrons. The molecule has 2 amide bonds. The lowest BCUT2D eigenvalue weighted by Gasteiger charge is -2.33. The summed E-state index contributed by atoms with van der Waals surface area (Å²) in [6, 6.07) is 12.8. The molecule has 6 heteroatoms. The van der Waals surface area contributed by atoms with E-state index in [9.17, 15) is 9.59 Å². The number of piperazine rings is 1. The minimum atomic E-state index is 0.0293. The van der Waals surface area contributed by atoms with E-state index in [0.29, 0.717) is 25.7 Å². The second kappa shape index (κ2) is 8.88. The van der Waals surface area contributed by atoms with Gasteiger partial charge in [0.2, 0.25) is 11.8 Å². The predicted octanol–water partition coefficient (Wildman–Crippen LogP) is 2.53. The van der Waals surface area contributed by atoms with Gasteiger partial charge < -0.3 is 14.8 Å². The minimum absolute atomic E-state index is 0.0293. The monoisotopic (exact) mass is 406 g/mol. The summed E-state index contributed by atoms with van der Waals surface area (Å²) >= 11 is 0. The molecular formula is C24H30N4O2. The smallest absolute Gasteiger partial charge is 0.246 e. The Morgan fingerprint density at radius 1 is 1.07 bits per heavy atom. The summed E-state index contributed by atoms with van der Waals surface area (Å²) in [4.78, 5) is 28.6. The third kappa shape index (κ3) is 4.82. The molecule has 30 heavy (non-hydrogen) atoms. The number of hydrogen-bond donors (Lipinski definition) is 1. The van der Waals surface area contributed by atoms with Crippen LogP contribution in [0.25, 0.3) is 11.8 Å². The summed E-state index contributed by atoms with van der Waals surface area (Å²) in [7, 11) is 0. The largest absolute Gasteiger partial charge is 0.352 e. The van der Waals surface area contributed by atoms with Crippen molar-refractivity contribution in [2.24, 2.45) is 0 Å². The van der Waals surface area contributed by atoms with E-state index < -0.39 is 0 Å². The fraction of sp³-hybridized carbons (Fsp3) is 0.417. The zero-order valence-electron chi connectivity index (χ0n) is 17.8. The van der Waals surface area contributed by atoms with E-state index in [4.69, 9.17) is 0 Å². The van der Waals surface area contributed by atoms with E-state index in [1.807, 2.05) is 29.2 Å². The highest BCUT2D eigenvalue weighted by atomic mass is 16.2. The van der Waals surface area contributed by atoms with Gasteiger partial charge in [-0.05, 0) is 56.5 Å². The van der Waals surface area contributed by atoms with Gasteiger partial charge in [0.05, 0.1) is 6.54 Å². The first kappa shape index (κ1) is 20.4. The molecule has 2 aromatic rings. The van der Waals surface area contributed by atoms with Crippen LogP contribution < -0.4 is 5.32 Å². The highest BCUT2D eigenvalue weighted by Gasteiger charge is 2.26. The molecule has 0 bridgehead atoms. The van der Waals surface area contributed by atoms with Crippen LogP contribution in [0.4, 0.5) is 0 Å². The predicted molar refractivity (Wildman–Crippen MR) is 118 cm³/mol. The topological polar surface area (TPSA) is 57.6 Å². The molecular weight excluding hydrogens is 376 g/mol. The second-order valence-corrected chi connectivity index (χ2v) is 8.27. The maximum absolute atomic E-state index is 12.7. The number of benzene rings is 1. The van der Waals surface area contributed by atoms with Crippen LogP contribution in [-0.4, -0.2) is 64.9 Å². The number of hydrogen-bond acceptors (Lipinski definition) is 3. The molecule has 1 aromatic heterocycles. The Bertz CT molecular complexity index is 936. The molecule has 6 nitrogen and oxygen atoms in total. The van der Waals surface area contributed by atoms with Crippen LogP contribution in [0.1, 0.15) is 29.8 Å². The molecule has 0 atom stereocenters. The number of para-hydroxylation sites is 1. The van der Waals surface area contributed by atoms with Crippen LogP contribution >= 0.6 is 0 Å². The van der Waals surface area contributed by atoms with E-state index in [1.165, 1.54) is 0 Å². The highest BCUT2D eigenvalue weighted by Crippen LogP contribution is 2.22. The lowest BCUT2D eigenvalue weighted by atomic mass is 10.2.